The first kappa shape index (κ1) is 23.7. The summed E-state index contributed by atoms with van der Waals surface area (Å²) in [4.78, 5) is 13.9. The third-order valence-corrected chi connectivity index (χ3v) is 6.80. The maximum absolute atomic E-state index is 13.6. The van der Waals surface area contributed by atoms with Crippen LogP contribution in [-0.4, -0.2) is 30.2 Å². The van der Waals surface area contributed by atoms with Crippen LogP contribution < -0.4 is 4.74 Å². The van der Waals surface area contributed by atoms with Gasteiger partial charge in [-0.25, -0.2) is 13.1 Å². The molecule has 3 aromatic rings. The fourth-order valence-electron chi connectivity index (χ4n) is 3.89. The summed E-state index contributed by atoms with van der Waals surface area (Å²) < 4.78 is 32.3. The van der Waals surface area contributed by atoms with Gasteiger partial charge in [-0.3, -0.25) is 4.79 Å². The molecule has 170 valence electrons. The lowest BCUT2D eigenvalue weighted by molar-refractivity contribution is 0.103. The summed E-state index contributed by atoms with van der Waals surface area (Å²) in [6.07, 6.45) is 2.73. The van der Waals surface area contributed by atoms with Gasteiger partial charge in [0.05, 0.1) is 11.1 Å². The van der Waals surface area contributed by atoms with Gasteiger partial charge in [-0.2, -0.15) is 5.10 Å². The fraction of sp³-hybridized carbons (Fsp3) is 0.360. The maximum atomic E-state index is 13.6. The summed E-state index contributed by atoms with van der Waals surface area (Å²) in [5.74, 6) is 0.512. The SMILES string of the molecule is Cc1cc(C(=O)c2cnn(CC(C)C)c2OCc2ccccc2)c(C)c(C)c1S(C)(=O)=O. The van der Waals surface area contributed by atoms with Crippen LogP contribution in [0, 0.1) is 26.7 Å². The molecule has 3 rings (SSSR count). The number of rotatable bonds is 8. The smallest absolute Gasteiger partial charge is 0.223 e. The van der Waals surface area contributed by atoms with Crippen LogP contribution in [0.5, 0.6) is 5.88 Å². The zero-order valence-corrected chi connectivity index (χ0v) is 20.3. The summed E-state index contributed by atoms with van der Waals surface area (Å²) in [5.41, 5.74) is 3.62. The minimum atomic E-state index is -3.40. The number of aromatic nitrogens is 2. The summed E-state index contributed by atoms with van der Waals surface area (Å²) in [5, 5.41) is 4.42. The van der Waals surface area contributed by atoms with Crippen LogP contribution >= 0.6 is 0 Å². The summed E-state index contributed by atoms with van der Waals surface area (Å²) in [7, 11) is -3.40. The topological polar surface area (TPSA) is 78.3 Å². The van der Waals surface area contributed by atoms with E-state index in [2.05, 4.69) is 18.9 Å². The van der Waals surface area contributed by atoms with Crippen molar-refractivity contribution in [3.63, 3.8) is 0 Å². The molecule has 0 amide bonds. The van der Waals surface area contributed by atoms with Crippen LogP contribution in [0.3, 0.4) is 0 Å². The molecular weight excluding hydrogens is 424 g/mol. The van der Waals surface area contributed by atoms with E-state index < -0.39 is 9.84 Å². The van der Waals surface area contributed by atoms with E-state index in [0.717, 1.165) is 5.56 Å². The molecule has 0 spiro atoms. The largest absolute Gasteiger partial charge is 0.472 e. The first-order valence-corrected chi connectivity index (χ1v) is 12.5. The second-order valence-electron chi connectivity index (χ2n) is 8.64. The Hall–Kier alpha value is -2.93. The summed E-state index contributed by atoms with van der Waals surface area (Å²) in [6.45, 7) is 10.3. The van der Waals surface area contributed by atoms with Crippen molar-refractivity contribution in [2.45, 2.75) is 52.7 Å². The van der Waals surface area contributed by atoms with Crippen molar-refractivity contribution in [2.24, 2.45) is 5.92 Å². The Kier molecular flexibility index (Phi) is 6.88. The Bertz CT molecular complexity index is 1240. The molecule has 1 heterocycles. The highest BCUT2D eigenvalue weighted by Gasteiger charge is 2.26. The van der Waals surface area contributed by atoms with E-state index in [1.54, 1.807) is 37.7 Å². The molecule has 0 saturated heterocycles. The van der Waals surface area contributed by atoms with Gasteiger partial charge in [0.2, 0.25) is 5.88 Å². The molecule has 2 aromatic carbocycles. The number of hydrogen-bond donors (Lipinski definition) is 0. The standard InChI is InChI=1S/C25H30N2O4S/c1-16(2)14-27-25(31-15-20-10-8-7-9-11-20)22(13-26-27)23(28)21-12-17(3)24(32(6,29)30)19(5)18(21)4/h7-13,16H,14-15H2,1-6H3. The van der Waals surface area contributed by atoms with E-state index in [4.69, 9.17) is 4.74 Å². The second kappa shape index (κ2) is 9.28. The van der Waals surface area contributed by atoms with Gasteiger partial charge >= 0.3 is 0 Å². The normalized spacial score (nSPS) is 11.7. The number of aryl methyl sites for hydroxylation is 1. The number of ketones is 1. The minimum absolute atomic E-state index is 0.230. The molecule has 0 atom stereocenters. The van der Waals surface area contributed by atoms with Gasteiger partial charge in [0.15, 0.2) is 15.6 Å². The zero-order valence-electron chi connectivity index (χ0n) is 19.5. The highest BCUT2D eigenvalue weighted by atomic mass is 32.2. The molecule has 0 radical (unpaired) electrons. The number of benzene rings is 2. The highest BCUT2D eigenvalue weighted by molar-refractivity contribution is 7.90. The lowest BCUT2D eigenvalue weighted by Gasteiger charge is -2.16. The molecule has 0 aliphatic heterocycles. The number of sulfone groups is 1. The van der Waals surface area contributed by atoms with Crippen LogP contribution in [0.4, 0.5) is 0 Å². The Morgan fingerprint density at radius 3 is 2.31 bits per heavy atom. The first-order chi connectivity index (χ1) is 15.0. The van der Waals surface area contributed by atoms with Gasteiger partial charge in [0, 0.05) is 18.4 Å². The summed E-state index contributed by atoms with van der Waals surface area (Å²) >= 11 is 0. The molecule has 32 heavy (non-hydrogen) atoms. The number of hydrogen-bond acceptors (Lipinski definition) is 5. The van der Waals surface area contributed by atoms with E-state index in [0.29, 0.717) is 52.8 Å². The maximum Gasteiger partial charge on any atom is 0.223 e. The van der Waals surface area contributed by atoms with Crippen molar-refractivity contribution in [1.82, 2.24) is 9.78 Å². The van der Waals surface area contributed by atoms with Gasteiger partial charge in [0.1, 0.15) is 12.2 Å². The van der Waals surface area contributed by atoms with Crippen molar-refractivity contribution in [1.29, 1.82) is 0 Å². The number of nitrogens with zero attached hydrogens (tertiary/aromatic N) is 2. The molecule has 1 aromatic heterocycles. The van der Waals surface area contributed by atoms with Crippen LogP contribution in [0.2, 0.25) is 0 Å². The Morgan fingerprint density at radius 1 is 1.06 bits per heavy atom. The lowest BCUT2D eigenvalue weighted by Crippen LogP contribution is -2.13. The van der Waals surface area contributed by atoms with Crippen LogP contribution in [0.1, 0.15) is 52.0 Å². The summed E-state index contributed by atoms with van der Waals surface area (Å²) in [6, 6.07) is 11.4. The highest BCUT2D eigenvalue weighted by Crippen LogP contribution is 2.30. The van der Waals surface area contributed by atoms with Gasteiger partial charge in [-0.15, -0.1) is 0 Å². The Labute approximate surface area is 190 Å². The molecule has 0 aliphatic carbocycles. The van der Waals surface area contributed by atoms with Gasteiger partial charge in [-0.1, -0.05) is 44.2 Å². The Morgan fingerprint density at radius 2 is 1.72 bits per heavy atom. The second-order valence-corrected chi connectivity index (χ2v) is 10.6. The van der Waals surface area contributed by atoms with E-state index in [1.807, 2.05) is 30.3 Å². The van der Waals surface area contributed by atoms with E-state index in [9.17, 15) is 13.2 Å². The number of ether oxygens (including phenoxy) is 1. The quantitative estimate of drug-likeness (QED) is 0.462. The van der Waals surface area contributed by atoms with Crippen molar-refractivity contribution in [3.05, 3.63) is 76.0 Å². The fourth-order valence-corrected chi connectivity index (χ4v) is 5.25. The third-order valence-electron chi connectivity index (χ3n) is 5.43. The first-order valence-electron chi connectivity index (χ1n) is 10.6. The zero-order chi connectivity index (χ0) is 23.6. The van der Waals surface area contributed by atoms with Crippen molar-refractivity contribution < 1.29 is 17.9 Å². The lowest BCUT2D eigenvalue weighted by atomic mass is 9.95. The number of carbonyl (C=O) groups excluding carboxylic acids is 1. The molecule has 6 nitrogen and oxygen atoms in total. The van der Waals surface area contributed by atoms with Gasteiger partial charge in [-0.05, 0) is 55.0 Å². The Balaban J connectivity index is 2.05. The molecule has 0 bridgehead atoms. The predicted molar refractivity (Wildman–Crippen MR) is 125 cm³/mol. The van der Waals surface area contributed by atoms with Crippen molar-refractivity contribution in [2.75, 3.05) is 6.26 Å². The van der Waals surface area contributed by atoms with Gasteiger partial charge in [0.25, 0.3) is 0 Å². The third kappa shape index (κ3) is 4.93. The van der Waals surface area contributed by atoms with Crippen LogP contribution in [-0.2, 0) is 23.0 Å². The van der Waals surface area contributed by atoms with Crippen LogP contribution in [0.15, 0.2) is 47.5 Å². The molecule has 0 saturated carbocycles. The van der Waals surface area contributed by atoms with E-state index >= 15 is 0 Å². The minimum Gasteiger partial charge on any atom is -0.472 e. The molecule has 7 heteroatoms. The van der Waals surface area contributed by atoms with Crippen LogP contribution in [0.25, 0.3) is 0 Å². The predicted octanol–water partition coefficient (Wildman–Crippen LogP) is 4.68. The average molecular weight is 455 g/mol. The van der Waals surface area contributed by atoms with E-state index in [-0.39, 0.29) is 10.7 Å². The molecule has 0 unspecified atom stereocenters. The van der Waals surface area contributed by atoms with Crippen molar-refractivity contribution >= 4 is 15.6 Å². The monoisotopic (exact) mass is 454 g/mol. The van der Waals surface area contributed by atoms with Crippen molar-refractivity contribution in [3.8, 4) is 5.88 Å². The molecular formula is C25H30N2O4S. The molecule has 0 fully saturated rings. The molecule has 0 N–H and O–H groups in total. The van der Waals surface area contributed by atoms with E-state index in [1.165, 1.54) is 6.26 Å². The number of carbonyl (C=O) groups is 1. The van der Waals surface area contributed by atoms with Gasteiger partial charge < -0.3 is 4.74 Å². The average Bonchev–Trinajstić information content (AvgIpc) is 3.10. The molecule has 0 aliphatic rings.